The van der Waals surface area contributed by atoms with Crippen LogP contribution in [0.2, 0.25) is 0 Å². The van der Waals surface area contributed by atoms with E-state index in [0.29, 0.717) is 0 Å². The Balaban J connectivity index is 0.000000166. The average Bonchev–Trinajstić information content (AvgIpc) is 3.95. The fraction of sp³-hybridized carbons (Fsp3) is 0. The number of hydrogen-bond donors (Lipinski definition) is 1. The molecule has 13 aromatic rings. The van der Waals surface area contributed by atoms with Crippen LogP contribution in [-0.4, -0.2) is 9.13 Å². The Labute approximate surface area is 402 Å². The fourth-order valence-corrected chi connectivity index (χ4v) is 9.85. The van der Waals surface area contributed by atoms with E-state index in [-0.39, 0.29) is 0 Å². The number of para-hydroxylation sites is 4. The second kappa shape index (κ2) is 18.2. The van der Waals surface area contributed by atoms with Crippen molar-refractivity contribution in [1.82, 2.24) is 9.13 Å². The van der Waals surface area contributed by atoms with Gasteiger partial charge in [-0.1, -0.05) is 200 Å². The Morgan fingerprint density at radius 1 is 0.203 bits per heavy atom. The van der Waals surface area contributed by atoms with Crippen LogP contribution >= 0.6 is 0 Å². The Hall–Kier alpha value is -9.18. The zero-order valence-corrected chi connectivity index (χ0v) is 38.0. The number of rotatable bonds is 8. The summed E-state index contributed by atoms with van der Waals surface area (Å²) in [5, 5.41) is 8.71. The fourth-order valence-electron chi connectivity index (χ4n) is 9.85. The van der Waals surface area contributed by atoms with Gasteiger partial charge in [-0.2, -0.15) is 0 Å². The van der Waals surface area contributed by atoms with Gasteiger partial charge in [0.25, 0.3) is 0 Å². The van der Waals surface area contributed by atoms with Crippen molar-refractivity contribution >= 4 is 55.0 Å². The molecule has 0 radical (unpaired) electrons. The molecule has 0 aliphatic heterocycles. The van der Waals surface area contributed by atoms with Crippen LogP contribution < -0.4 is 5.32 Å². The molecule has 2 aromatic heterocycles. The highest BCUT2D eigenvalue weighted by molar-refractivity contribution is 6.10. The van der Waals surface area contributed by atoms with Crippen molar-refractivity contribution in [3.63, 3.8) is 0 Å². The lowest BCUT2D eigenvalue weighted by Gasteiger charge is -2.12. The molecular formula is C66H47N3. The van der Waals surface area contributed by atoms with Crippen LogP contribution in [0.5, 0.6) is 0 Å². The quantitative estimate of drug-likeness (QED) is 0.161. The zero-order valence-electron chi connectivity index (χ0n) is 38.0. The molecule has 0 unspecified atom stereocenters. The second-order valence-electron chi connectivity index (χ2n) is 17.4. The van der Waals surface area contributed by atoms with Crippen LogP contribution in [0.25, 0.3) is 99.5 Å². The summed E-state index contributed by atoms with van der Waals surface area (Å²) in [4.78, 5) is 0. The van der Waals surface area contributed by atoms with Gasteiger partial charge in [0, 0.05) is 44.3 Å². The Morgan fingerprint density at radius 3 is 0.841 bits per heavy atom. The number of fused-ring (bicyclic) bond motifs is 6. The van der Waals surface area contributed by atoms with Crippen molar-refractivity contribution in [2.45, 2.75) is 0 Å². The minimum absolute atomic E-state index is 1.06. The Bertz CT molecular complexity index is 3790. The Morgan fingerprint density at radius 2 is 0.478 bits per heavy atom. The molecule has 3 heteroatoms. The van der Waals surface area contributed by atoms with Crippen molar-refractivity contribution in [3.8, 4) is 55.9 Å². The molecule has 2 heterocycles. The molecule has 0 spiro atoms. The SMILES string of the molecule is c1ccc(-c2cccc(-c3ccc(Nc4ccc(-c5cccc(-n6c7ccccc7c7ccccc76)c5)cc4)cc3)c2)cc1.c1ccc(-c2cccc(-n3c4ccccc4c4ccccc43)c2)cc1. The molecule has 0 aliphatic rings. The van der Waals surface area contributed by atoms with Crippen molar-refractivity contribution in [2.24, 2.45) is 0 Å². The lowest BCUT2D eigenvalue weighted by atomic mass is 9.99. The van der Waals surface area contributed by atoms with E-state index in [1.54, 1.807) is 0 Å². The maximum absolute atomic E-state index is 3.57. The maximum Gasteiger partial charge on any atom is 0.0541 e. The smallest absolute Gasteiger partial charge is 0.0541 e. The van der Waals surface area contributed by atoms with E-state index in [9.17, 15) is 0 Å². The molecule has 0 saturated heterocycles. The molecule has 0 bridgehead atoms. The summed E-state index contributed by atoms with van der Waals surface area (Å²) in [7, 11) is 0. The molecule has 1 N–H and O–H groups in total. The van der Waals surface area contributed by atoms with E-state index >= 15 is 0 Å². The zero-order chi connectivity index (χ0) is 45.9. The third-order valence-electron chi connectivity index (χ3n) is 13.2. The summed E-state index contributed by atoms with van der Waals surface area (Å²) < 4.78 is 4.72. The monoisotopic (exact) mass is 881 g/mol. The van der Waals surface area contributed by atoms with Gasteiger partial charge in [0.1, 0.15) is 0 Å². The lowest BCUT2D eigenvalue weighted by Crippen LogP contribution is -1.94. The molecule has 13 rings (SSSR count). The highest BCUT2D eigenvalue weighted by Crippen LogP contribution is 2.36. The molecule has 0 aliphatic carbocycles. The van der Waals surface area contributed by atoms with Crippen LogP contribution in [0.4, 0.5) is 11.4 Å². The minimum atomic E-state index is 1.06. The third kappa shape index (κ3) is 8.13. The van der Waals surface area contributed by atoms with Gasteiger partial charge in [-0.25, -0.2) is 0 Å². The number of hydrogen-bond acceptors (Lipinski definition) is 1. The first-order valence-corrected chi connectivity index (χ1v) is 23.6. The molecule has 326 valence electrons. The molecular weight excluding hydrogens is 835 g/mol. The van der Waals surface area contributed by atoms with Gasteiger partial charge in [-0.3, -0.25) is 0 Å². The predicted molar refractivity (Wildman–Crippen MR) is 293 cm³/mol. The van der Waals surface area contributed by atoms with Gasteiger partial charge in [0.15, 0.2) is 0 Å². The van der Waals surface area contributed by atoms with E-state index in [2.05, 4.69) is 294 Å². The topological polar surface area (TPSA) is 21.9 Å². The van der Waals surface area contributed by atoms with Crippen LogP contribution in [0.3, 0.4) is 0 Å². The number of nitrogens with one attached hydrogen (secondary N) is 1. The van der Waals surface area contributed by atoms with Gasteiger partial charge in [0.05, 0.1) is 22.1 Å². The van der Waals surface area contributed by atoms with Crippen LogP contribution in [0.1, 0.15) is 0 Å². The average molecular weight is 882 g/mol. The van der Waals surface area contributed by atoms with Crippen LogP contribution in [0.15, 0.2) is 279 Å². The number of aromatic nitrogens is 2. The third-order valence-corrected chi connectivity index (χ3v) is 13.2. The Kier molecular flexibility index (Phi) is 10.9. The van der Waals surface area contributed by atoms with Crippen molar-refractivity contribution in [2.75, 3.05) is 5.32 Å². The summed E-state index contributed by atoms with van der Waals surface area (Å²) >= 11 is 0. The van der Waals surface area contributed by atoms with Crippen LogP contribution in [0, 0.1) is 0 Å². The molecule has 0 amide bonds. The summed E-state index contributed by atoms with van der Waals surface area (Å²) in [5.74, 6) is 0. The number of nitrogens with zero attached hydrogens (tertiary/aromatic N) is 2. The van der Waals surface area contributed by atoms with Gasteiger partial charge >= 0.3 is 0 Å². The summed E-state index contributed by atoms with van der Waals surface area (Å²) in [6, 6.07) is 99.3. The maximum atomic E-state index is 3.57. The second-order valence-corrected chi connectivity index (χ2v) is 17.4. The highest BCUT2D eigenvalue weighted by Gasteiger charge is 2.14. The minimum Gasteiger partial charge on any atom is -0.356 e. The lowest BCUT2D eigenvalue weighted by molar-refractivity contribution is 1.18. The number of anilines is 2. The van der Waals surface area contributed by atoms with E-state index < -0.39 is 0 Å². The molecule has 3 nitrogen and oxygen atoms in total. The molecule has 69 heavy (non-hydrogen) atoms. The van der Waals surface area contributed by atoms with E-state index in [4.69, 9.17) is 0 Å². The van der Waals surface area contributed by atoms with Crippen molar-refractivity contribution < 1.29 is 0 Å². The number of benzene rings is 11. The molecule has 0 atom stereocenters. The first-order chi connectivity index (χ1) is 34.2. The van der Waals surface area contributed by atoms with E-state index in [1.165, 1.54) is 93.8 Å². The first-order valence-electron chi connectivity index (χ1n) is 23.6. The standard InChI is InChI=1S/C42H30N2.C24H17N/c1-2-10-30(11-3-1)33-12-8-13-34(28-33)31-20-24-36(25-21-31)43-37-26-22-32(23-27-37)35-14-9-15-38(29-35)44-41-18-6-4-16-39(41)40-17-5-7-19-42(40)44;1-2-9-18(10-3-1)19-11-8-12-20(17-19)25-23-15-6-4-13-21(23)22-14-5-7-16-24(22)25/h1-29,43H;1-17H. The normalized spacial score (nSPS) is 11.2. The van der Waals surface area contributed by atoms with Gasteiger partial charge < -0.3 is 14.5 Å². The van der Waals surface area contributed by atoms with Crippen molar-refractivity contribution in [3.05, 3.63) is 279 Å². The summed E-state index contributed by atoms with van der Waals surface area (Å²) in [6.07, 6.45) is 0. The van der Waals surface area contributed by atoms with Crippen molar-refractivity contribution in [1.29, 1.82) is 0 Å². The van der Waals surface area contributed by atoms with E-state index in [0.717, 1.165) is 17.1 Å². The van der Waals surface area contributed by atoms with Gasteiger partial charge in [-0.05, 0) is 123 Å². The summed E-state index contributed by atoms with van der Waals surface area (Å²) in [6.45, 7) is 0. The molecule has 0 saturated carbocycles. The van der Waals surface area contributed by atoms with Gasteiger partial charge in [-0.15, -0.1) is 0 Å². The predicted octanol–water partition coefficient (Wildman–Crippen LogP) is 18.0. The largest absolute Gasteiger partial charge is 0.356 e. The van der Waals surface area contributed by atoms with Gasteiger partial charge in [0.2, 0.25) is 0 Å². The summed E-state index contributed by atoms with van der Waals surface area (Å²) in [5.41, 5.74) is 19.1. The van der Waals surface area contributed by atoms with Crippen LogP contribution in [-0.2, 0) is 0 Å². The molecule has 0 fully saturated rings. The first kappa shape index (κ1) is 41.3. The molecule has 11 aromatic carbocycles. The highest BCUT2D eigenvalue weighted by atomic mass is 15.0. The van der Waals surface area contributed by atoms with E-state index in [1.807, 2.05) is 0 Å².